The summed E-state index contributed by atoms with van der Waals surface area (Å²) in [5.74, 6) is 0. The molecule has 0 spiro atoms. The molecule has 1 atom stereocenters. The van der Waals surface area contributed by atoms with Gasteiger partial charge in [-0.15, -0.1) is 11.3 Å². The summed E-state index contributed by atoms with van der Waals surface area (Å²) in [6.07, 6.45) is 7.22. The zero-order chi connectivity index (χ0) is 15.3. The standard InChI is InChI=1S/C17H31NO2S/c1-3-4-5-6-7-8-11-20-14-16(19)12-18-13-17-10-9-15(2)21-17/h9-10,16,18-19H,3-8,11-14H2,1-2H3. The monoisotopic (exact) mass is 313 g/mol. The molecule has 0 aromatic carbocycles. The number of hydrogen-bond donors (Lipinski definition) is 2. The van der Waals surface area contributed by atoms with Gasteiger partial charge in [-0.3, -0.25) is 0 Å². The third-order valence-electron chi connectivity index (χ3n) is 3.43. The zero-order valence-electron chi connectivity index (χ0n) is 13.6. The minimum absolute atomic E-state index is 0.411. The van der Waals surface area contributed by atoms with E-state index < -0.39 is 6.10 Å². The highest BCUT2D eigenvalue weighted by Gasteiger charge is 2.04. The van der Waals surface area contributed by atoms with Crippen molar-refractivity contribution in [1.29, 1.82) is 0 Å². The number of rotatable bonds is 13. The molecule has 122 valence electrons. The molecule has 0 amide bonds. The van der Waals surface area contributed by atoms with E-state index in [1.54, 1.807) is 11.3 Å². The van der Waals surface area contributed by atoms with Crippen molar-refractivity contribution in [2.75, 3.05) is 19.8 Å². The normalized spacial score (nSPS) is 12.7. The molecule has 21 heavy (non-hydrogen) atoms. The van der Waals surface area contributed by atoms with E-state index in [9.17, 15) is 5.11 Å². The minimum atomic E-state index is -0.411. The summed E-state index contributed by atoms with van der Waals surface area (Å²) in [5.41, 5.74) is 0. The Labute approximate surface area is 133 Å². The van der Waals surface area contributed by atoms with E-state index in [2.05, 4.69) is 31.3 Å². The molecule has 0 bridgehead atoms. The quantitative estimate of drug-likeness (QED) is 0.543. The summed E-state index contributed by atoms with van der Waals surface area (Å²) in [7, 11) is 0. The summed E-state index contributed by atoms with van der Waals surface area (Å²) < 4.78 is 5.52. The first-order valence-corrected chi connectivity index (χ1v) is 9.06. The van der Waals surface area contributed by atoms with E-state index in [1.165, 1.54) is 41.9 Å². The summed E-state index contributed by atoms with van der Waals surface area (Å²) >= 11 is 1.80. The molecule has 0 saturated carbocycles. The van der Waals surface area contributed by atoms with Crippen LogP contribution in [0.5, 0.6) is 0 Å². The number of thiophene rings is 1. The fourth-order valence-electron chi connectivity index (χ4n) is 2.20. The van der Waals surface area contributed by atoms with Gasteiger partial charge in [-0.1, -0.05) is 39.0 Å². The van der Waals surface area contributed by atoms with Crippen LogP contribution in [0.1, 0.15) is 55.2 Å². The molecule has 4 heteroatoms. The molecule has 1 heterocycles. The molecule has 0 aliphatic carbocycles. The van der Waals surface area contributed by atoms with E-state index in [-0.39, 0.29) is 0 Å². The van der Waals surface area contributed by atoms with Crippen molar-refractivity contribution in [1.82, 2.24) is 5.32 Å². The molecule has 0 aliphatic heterocycles. The molecule has 0 aliphatic rings. The van der Waals surface area contributed by atoms with Crippen molar-refractivity contribution >= 4 is 11.3 Å². The Morgan fingerprint density at radius 2 is 1.95 bits per heavy atom. The number of nitrogens with one attached hydrogen (secondary N) is 1. The lowest BCUT2D eigenvalue weighted by Gasteiger charge is -2.12. The van der Waals surface area contributed by atoms with Crippen LogP contribution in [0.3, 0.4) is 0 Å². The van der Waals surface area contributed by atoms with Crippen LogP contribution in [-0.4, -0.2) is 31.0 Å². The second kappa shape index (κ2) is 12.2. The fraction of sp³-hybridized carbons (Fsp3) is 0.765. The maximum absolute atomic E-state index is 9.82. The smallest absolute Gasteiger partial charge is 0.0897 e. The lowest BCUT2D eigenvalue weighted by molar-refractivity contribution is 0.0353. The van der Waals surface area contributed by atoms with Gasteiger partial charge in [-0.25, -0.2) is 0 Å². The maximum atomic E-state index is 9.82. The Kier molecular flexibility index (Phi) is 10.8. The van der Waals surface area contributed by atoms with Crippen LogP contribution in [0.4, 0.5) is 0 Å². The largest absolute Gasteiger partial charge is 0.389 e. The Morgan fingerprint density at radius 3 is 2.67 bits per heavy atom. The number of aliphatic hydroxyl groups excluding tert-OH is 1. The van der Waals surface area contributed by atoms with Gasteiger partial charge in [0.2, 0.25) is 0 Å². The predicted molar refractivity (Wildman–Crippen MR) is 91.0 cm³/mol. The van der Waals surface area contributed by atoms with E-state index in [0.717, 1.165) is 19.6 Å². The van der Waals surface area contributed by atoms with Crippen molar-refractivity contribution in [3.63, 3.8) is 0 Å². The zero-order valence-corrected chi connectivity index (χ0v) is 14.4. The van der Waals surface area contributed by atoms with Gasteiger partial charge in [-0.05, 0) is 25.5 Å². The van der Waals surface area contributed by atoms with Crippen LogP contribution in [0.25, 0.3) is 0 Å². The van der Waals surface area contributed by atoms with Crippen molar-refractivity contribution in [2.24, 2.45) is 0 Å². The fourth-order valence-corrected chi connectivity index (χ4v) is 3.06. The number of aliphatic hydroxyl groups is 1. The number of ether oxygens (including phenoxy) is 1. The molecule has 0 fully saturated rings. The maximum Gasteiger partial charge on any atom is 0.0897 e. The van der Waals surface area contributed by atoms with Crippen LogP contribution >= 0.6 is 11.3 Å². The lowest BCUT2D eigenvalue weighted by Crippen LogP contribution is -2.30. The molecule has 0 saturated heterocycles. The Hall–Kier alpha value is -0.420. The molecule has 1 rings (SSSR count). The SMILES string of the molecule is CCCCCCCCOCC(O)CNCc1ccc(C)s1. The van der Waals surface area contributed by atoms with E-state index >= 15 is 0 Å². The Balaban J connectivity index is 1.88. The predicted octanol–water partition coefficient (Wildman–Crippen LogP) is 3.88. The third-order valence-corrected chi connectivity index (χ3v) is 4.43. The van der Waals surface area contributed by atoms with Gasteiger partial charge in [-0.2, -0.15) is 0 Å². The highest BCUT2D eigenvalue weighted by molar-refractivity contribution is 7.11. The van der Waals surface area contributed by atoms with Crippen LogP contribution < -0.4 is 5.32 Å². The topological polar surface area (TPSA) is 41.5 Å². The van der Waals surface area contributed by atoms with Gasteiger partial charge in [0.15, 0.2) is 0 Å². The van der Waals surface area contributed by atoms with E-state index in [1.807, 2.05) is 0 Å². The van der Waals surface area contributed by atoms with Gasteiger partial charge >= 0.3 is 0 Å². The molecule has 1 aromatic rings. The highest BCUT2D eigenvalue weighted by Crippen LogP contribution is 2.14. The van der Waals surface area contributed by atoms with Crippen LogP contribution in [0.2, 0.25) is 0 Å². The molecule has 0 radical (unpaired) electrons. The molecular weight excluding hydrogens is 282 g/mol. The van der Waals surface area contributed by atoms with Crippen molar-refractivity contribution < 1.29 is 9.84 Å². The van der Waals surface area contributed by atoms with Gasteiger partial charge < -0.3 is 15.2 Å². The summed E-state index contributed by atoms with van der Waals surface area (Å²) in [4.78, 5) is 2.64. The number of aryl methyl sites for hydroxylation is 1. The van der Waals surface area contributed by atoms with Gasteiger partial charge in [0.25, 0.3) is 0 Å². The van der Waals surface area contributed by atoms with Crippen molar-refractivity contribution in [3.8, 4) is 0 Å². The average Bonchev–Trinajstić information content (AvgIpc) is 2.87. The van der Waals surface area contributed by atoms with Crippen molar-refractivity contribution in [3.05, 3.63) is 21.9 Å². The molecule has 1 unspecified atom stereocenters. The molecular formula is C17H31NO2S. The number of unbranched alkanes of at least 4 members (excludes halogenated alkanes) is 5. The van der Waals surface area contributed by atoms with Gasteiger partial charge in [0.1, 0.15) is 0 Å². The first kappa shape index (κ1) is 18.6. The molecule has 3 nitrogen and oxygen atoms in total. The first-order chi connectivity index (χ1) is 10.2. The molecule has 2 N–H and O–H groups in total. The summed E-state index contributed by atoms with van der Waals surface area (Å²) in [6, 6.07) is 4.26. The summed E-state index contributed by atoms with van der Waals surface area (Å²) in [6.45, 7) is 6.97. The molecule has 1 aromatic heterocycles. The van der Waals surface area contributed by atoms with Crippen LogP contribution in [0.15, 0.2) is 12.1 Å². The summed E-state index contributed by atoms with van der Waals surface area (Å²) in [5, 5.41) is 13.1. The second-order valence-electron chi connectivity index (χ2n) is 5.64. The van der Waals surface area contributed by atoms with Crippen LogP contribution in [0, 0.1) is 6.92 Å². The first-order valence-electron chi connectivity index (χ1n) is 8.24. The second-order valence-corrected chi connectivity index (χ2v) is 7.01. The highest BCUT2D eigenvalue weighted by atomic mass is 32.1. The Morgan fingerprint density at radius 1 is 1.19 bits per heavy atom. The van der Waals surface area contributed by atoms with Crippen LogP contribution in [-0.2, 0) is 11.3 Å². The van der Waals surface area contributed by atoms with Crippen molar-refractivity contribution in [2.45, 2.75) is 65.0 Å². The van der Waals surface area contributed by atoms with Gasteiger partial charge in [0, 0.05) is 29.5 Å². The average molecular weight is 314 g/mol. The van der Waals surface area contributed by atoms with E-state index in [0.29, 0.717) is 13.2 Å². The third kappa shape index (κ3) is 10.0. The lowest BCUT2D eigenvalue weighted by atomic mass is 10.1. The van der Waals surface area contributed by atoms with E-state index in [4.69, 9.17) is 4.74 Å². The number of hydrogen-bond acceptors (Lipinski definition) is 4. The van der Waals surface area contributed by atoms with Gasteiger partial charge in [0.05, 0.1) is 12.7 Å². The Bertz CT molecular complexity index is 354. The minimum Gasteiger partial charge on any atom is -0.389 e.